The molecule has 2 heterocycles. The lowest BCUT2D eigenvalue weighted by Crippen LogP contribution is -2.50. The number of likely N-dealkylation sites (tertiary alicyclic amines) is 2. The van der Waals surface area contributed by atoms with Gasteiger partial charge in [0.05, 0.1) is 0 Å². The zero-order chi connectivity index (χ0) is 15.5. The van der Waals surface area contributed by atoms with E-state index in [1.807, 2.05) is 40.3 Å². The molecule has 0 unspecified atom stereocenters. The summed E-state index contributed by atoms with van der Waals surface area (Å²) in [5.74, 6) is 0.340. The SMILES string of the molecule is CSc1ccc(C(=O)N2CCC[C@@H](N3CCCC3=O)C2)cc1. The van der Waals surface area contributed by atoms with Crippen LogP contribution in [0.3, 0.4) is 0 Å². The quantitative estimate of drug-likeness (QED) is 0.805. The smallest absolute Gasteiger partial charge is 0.253 e. The topological polar surface area (TPSA) is 40.6 Å². The van der Waals surface area contributed by atoms with E-state index in [1.54, 1.807) is 11.8 Å². The van der Waals surface area contributed by atoms with E-state index in [0.717, 1.165) is 42.8 Å². The van der Waals surface area contributed by atoms with Crippen molar-refractivity contribution >= 4 is 23.6 Å². The van der Waals surface area contributed by atoms with Crippen LogP contribution in [0.25, 0.3) is 0 Å². The van der Waals surface area contributed by atoms with Crippen LogP contribution >= 0.6 is 11.8 Å². The van der Waals surface area contributed by atoms with E-state index in [1.165, 1.54) is 0 Å². The maximum absolute atomic E-state index is 12.7. The zero-order valence-corrected chi connectivity index (χ0v) is 13.8. The Kier molecular flexibility index (Phi) is 4.71. The van der Waals surface area contributed by atoms with E-state index in [0.29, 0.717) is 13.0 Å². The molecule has 0 N–H and O–H groups in total. The molecule has 0 bridgehead atoms. The lowest BCUT2D eigenvalue weighted by atomic mass is 10.0. The van der Waals surface area contributed by atoms with Crippen LogP contribution in [0.4, 0.5) is 0 Å². The number of nitrogens with zero attached hydrogens (tertiary/aromatic N) is 2. The molecule has 2 saturated heterocycles. The number of rotatable bonds is 3. The lowest BCUT2D eigenvalue weighted by molar-refractivity contribution is -0.130. The molecule has 2 fully saturated rings. The van der Waals surface area contributed by atoms with Crippen LogP contribution < -0.4 is 0 Å². The fourth-order valence-electron chi connectivity index (χ4n) is 3.36. The van der Waals surface area contributed by atoms with Crippen molar-refractivity contribution in [3.8, 4) is 0 Å². The third kappa shape index (κ3) is 3.14. The Labute approximate surface area is 135 Å². The molecule has 2 aliphatic rings. The van der Waals surface area contributed by atoms with Crippen LogP contribution in [0.1, 0.15) is 36.0 Å². The Morgan fingerprint density at radius 2 is 1.95 bits per heavy atom. The first kappa shape index (κ1) is 15.4. The van der Waals surface area contributed by atoms with E-state index in [2.05, 4.69) is 0 Å². The van der Waals surface area contributed by atoms with E-state index < -0.39 is 0 Å². The van der Waals surface area contributed by atoms with Crippen molar-refractivity contribution < 1.29 is 9.59 Å². The second-order valence-electron chi connectivity index (χ2n) is 5.97. The lowest BCUT2D eigenvalue weighted by Gasteiger charge is -2.37. The average molecular weight is 318 g/mol. The highest BCUT2D eigenvalue weighted by Gasteiger charge is 2.32. The van der Waals surface area contributed by atoms with Gasteiger partial charge in [0.2, 0.25) is 5.91 Å². The van der Waals surface area contributed by atoms with Crippen LogP contribution in [0.5, 0.6) is 0 Å². The summed E-state index contributed by atoms with van der Waals surface area (Å²) < 4.78 is 0. The van der Waals surface area contributed by atoms with E-state index in [9.17, 15) is 9.59 Å². The number of thioether (sulfide) groups is 1. The van der Waals surface area contributed by atoms with Crippen molar-refractivity contribution in [3.05, 3.63) is 29.8 Å². The number of hydrogen-bond donors (Lipinski definition) is 0. The van der Waals surface area contributed by atoms with Gasteiger partial charge in [-0.25, -0.2) is 0 Å². The zero-order valence-electron chi connectivity index (χ0n) is 13.0. The summed E-state index contributed by atoms with van der Waals surface area (Å²) in [6, 6.07) is 7.99. The summed E-state index contributed by atoms with van der Waals surface area (Å²) in [5.41, 5.74) is 0.742. The normalized spacial score (nSPS) is 22.2. The van der Waals surface area contributed by atoms with Crippen LogP contribution in [0.2, 0.25) is 0 Å². The highest BCUT2D eigenvalue weighted by Crippen LogP contribution is 2.23. The van der Waals surface area contributed by atoms with Gasteiger partial charge in [0.25, 0.3) is 5.91 Å². The predicted octanol–water partition coefficient (Wildman–Crippen LogP) is 2.64. The molecule has 0 aliphatic carbocycles. The summed E-state index contributed by atoms with van der Waals surface area (Å²) in [4.78, 5) is 29.6. The van der Waals surface area contributed by atoms with Crippen LogP contribution in [0, 0.1) is 0 Å². The van der Waals surface area contributed by atoms with Gasteiger partial charge in [-0.15, -0.1) is 11.8 Å². The first-order valence-corrected chi connectivity index (χ1v) is 9.14. The largest absolute Gasteiger partial charge is 0.338 e. The molecule has 2 amide bonds. The van der Waals surface area contributed by atoms with Gasteiger partial charge >= 0.3 is 0 Å². The summed E-state index contributed by atoms with van der Waals surface area (Å²) in [7, 11) is 0. The van der Waals surface area contributed by atoms with Gasteiger partial charge in [0.15, 0.2) is 0 Å². The van der Waals surface area contributed by atoms with Gasteiger partial charge in [-0.05, 0) is 49.8 Å². The molecule has 3 rings (SSSR count). The minimum absolute atomic E-state index is 0.0870. The van der Waals surface area contributed by atoms with Crippen molar-refractivity contribution in [1.82, 2.24) is 9.80 Å². The monoisotopic (exact) mass is 318 g/mol. The van der Waals surface area contributed by atoms with Crippen molar-refractivity contribution in [2.45, 2.75) is 36.6 Å². The summed E-state index contributed by atoms with van der Waals surface area (Å²) in [6.45, 7) is 2.32. The average Bonchev–Trinajstić information content (AvgIpc) is 3.00. The molecule has 0 spiro atoms. The Balaban J connectivity index is 1.68. The molecule has 4 nitrogen and oxygen atoms in total. The molecule has 1 aromatic carbocycles. The van der Waals surface area contributed by atoms with Crippen LogP contribution in [-0.4, -0.2) is 53.5 Å². The number of carbonyl (C=O) groups excluding carboxylic acids is 2. The maximum Gasteiger partial charge on any atom is 0.253 e. The summed E-state index contributed by atoms with van der Waals surface area (Å²) in [5, 5.41) is 0. The van der Waals surface area contributed by atoms with Crippen LogP contribution in [-0.2, 0) is 4.79 Å². The Hall–Kier alpha value is -1.49. The van der Waals surface area contributed by atoms with Crippen LogP contribution in [0.15, 0.2) is 29.2 Å². The molecule has 22 heavy (non-hydrogen) atoms. The highest BCUT2D eigenvalue weighted by atomic mass is 32.2. The van der Waals surface area contributed by atoms with Gasteiger partial charge < -0.3 is 9.80 Å². The highest BCUT2D eigenvalue weighted by molar-refractivity contribution is 7.98. The summed E-state index contributed by atoms with van der Waals surface area (Å²) >= 11 is 1.67. The van der Waals surface area contributed by atoms with E-state index in [-0.39, 0.29) is 17.9 Å². The van der Waals surface area contributed by atoms with Crippen molar-refractivity contribution in [3.63, 3.8) is 0 Å². The number of hydrogen-bond acceptors (Lipinski definition) is 3. The molecule has 5 heteroatoms. The molecule has 2 aliphatic heterocycles. The number of benzene rings is 1. The molecule has 1 atom stereocenters. The van der Waals surface area contributed by atoms with Gasteiger partial charge in [-0.3, -0.25) is 9.59 Å². The maximum atomic E-state index is 12.7. The van der Waals surface area contributed by atoms with Gasteiger partial charge in [0.1, 0.15) is 0 Å². The molecular weight excluding hydrogens is 296 g/mol. The number of carbonyl (C=O) groups is 2. The van der Waals surface area contributed by atoms with E-state index >= 15 is 0 Å². The second-order valence-corrected chi connectivity index (χ2v) is 6.85. The molecule has 0 radical (unpaired) electrons. The Morgan fingerprint density at radius 3 is 2.59 bits per heavy atom. The number of amides is 2. The third-order valence-electron chi connectivity index (χ3n) is 4.57. The third-order valence-corrected chi connectivity index (χ3v) is 5.32. The standard InChI is InChI=1S/C17H22N2O2S/c1-22-15-8-6-13(7-9-15)17(21)18-10-2-4-14(12-18)19-11-3-5-16(19)20/h6-9,14H,2-5,10-12H2,1H3/t14-/m1/s1. The number of piperidine rings is 1. The molecule has 0 aromatic heterocycles. The van der Waals surface area contributed by atoms with Crippen molar-refractivity contribution in [2.24, 2.45) is 0 Å². The predicted molar refractivity (Wildman–Crippen MR) is 88.1 cm³/mol. The molecule has 0 saturated carbocycles. The first-order valence-electron chi connectivity index (χ1n) is 7.92. The van der Waals surface area contributed by atoms with Crippen molar-refractivity contribution in [2.75, 3.05) is 25.9 Å². The van der Waals surface area contributed by atoms with Gasteiger partial charge in [-0.2, -0.15) is 0 Å². The first-order chi connectivity index (χ1) is 10.7. The molecule has 118 valence electrons. The van der Waals surface area contributed by atoms with Gasteiger partial charge in [0, 0.05) is 42.6 Å². The second kappa shape index (κ2) is 6.73. The fourth-order valence-corrected chi connectivity index (χ4v) is 3.77. The molecular formula is C17H22N2O2S. The van der Waals surface area contributed by atoms with Gasteiger partial charge in [-0.1, -0.05) is 0 Å². The Bertz CT molecular complexity index is 558. The summed E-state index contributed by atoms with van der Waals surface area (Å²) in [6.07, 6.45) is 5.64. The Morgan fingerprint density at radius 1 is 1.18 bits per heavy atom. The van der Waals surface area contributed by atoms with E-state index in [4.69, 9.17) is 0 Å². The minimum atomic E-state index is 0.0870. The molecule has 1 aromatic rings. The fraction of sp³-hybridized carbons (Fsp3) is 0.529. The minimum Gasteiger partial charge on any atom is -0.338 e. The van der Waals surface area contributed by atoms with Crippen molar-refractivity contribution in [1.29, 1.82) is 0 Å².